The highest BCUT2D eigenvalue weighted by atomic mass is 16.2. The van der Waals surface area contributed by atoms with E-state index >= 15 is 0 Å². The Morgan fingerprint density at radius 3 is 2.30 bits per heavy atom. The van der Waals surface area contributed by atoms with E-state index in [-0.39, 0.29) is 17.7 Å². The summed E-state index contributed by atoms with van der Waals surface area (Å²) in [5.41, 5.74) is 6.15. The fourth-order valence-electron chi connectivity index (χ4n) is 2.47. The third-order valence-electron chi connectivity index (χ3n) is 4.00. The number of carbonyl (C=O) groups is 2. The Labute approximate surface area is 137 Å². The molecule has 126 valence electrons. The number of amides is 2. The Kier molecular flexibility index (Phi) is 6.40. The predicted octanol–water partition coefficient (Wildman–Crippen LogP) is 1.00. The SMILES string of the molecule is CC(C)C(=O)NNC(=O)CCN1CCN(c2ccccc2)CC1. The van der Waals surface area contributed by atoms with Crippen molar-refractivity contribution in [2.75, 3.05) is 37.6 Å². The van der Waals surface area contributed by atoms with E-state index in [4.69, 9.17) is 0 Å². The average molecular weight is 318 g/mol. The summed E-state index contributed by atoms with van der Waals surface area (Å²) in [5.74, 6) is -0.458. The molecule has 0 bridgehead atoms. The van der Waals surface area contributed by atoms with E-state index in [1.54, 1.807) is 13.8 Å². The lowest BCUT2D eigenvalue weighted by atomic mass is 10.2. The van der Waals surface area contributed by atoms with Gasteiger partial charge in [0.2, 0.25) is 11.8 Å². The Morgan fingerprint density at radius 1 is 1.04 bits per heavy atom. The summed E-state index contributed by atoms with van der Waals surface area (Å²) in [6.07, 6.45) is 0.393. The first-order valence-electron chi connectivity index (χ1n) is 8.17. The Hall–Kier alpha value is -2.08. The summed E-state index contributed by atoms with van der Waals surface area (Å²) < 4.78 is 0. The molecule has 1 heterocycles. The molecule has 0 radical (unpaired) electrons. The first-order chi connectivity index (χ1) is 11.1. The van der Waals surface area contributed by atoms with Crippen LogP contribution in [0.25, 0.3) is 0 Å². The lowest BCUT2D eigenvalue weighted by Crippen LogP contribution is -2.48. The molecule has 0 aliphatic carbocycles. The third kappa shape index (κ3) is 5.56. The Balaban J connectivity index is 1.65. The van der Waals surface area contributed by atoms with Crippen molar-refractivity contribution in [2.45, 2.75) is 20.3 Å². The first-order valence-corrected chi connectivity index (χ1v) is 8.17. The van der Waals surface area contributed by atoms with Crippen LogP contribution >= 0.6 is 0 Å². The van der Waals surface area contributed by atoms with Gasteiger partial charge in [0.05, 0.1) is 0 Å². The highest BCUT2D eigenvalue weighted by molar-refractivity contribution is 5.82. The van der Waals surface area contributed by atoms with Gasteiger partial charge in [0, 0.05) is 50.7 Å². The average Bonchev–Trinajstić information content (AvgIpc) is 2.59. The Morgan fingerprint density at radius 2 is 1.70 bits per heavy atom. The number of hydrazine groups is 1. The number of carbonyl (C=O) groups excluding carboxylic acids is 2. The largest absolute Gasteiger partial charge is 0.369 e. The van der Waals surface area contributed by atoms with Gasteiger partial charge in [0.25, 0.3) is 0 Å². The van der Waals surface area contributed by atoms with Crippen molar-refractivity contribution in [3.05, 3.63) is 30.3 Å². The molecule has 1 aliphatic heterocycles. The van der Waals surface area contributed by atoms with E-state index < -0.39 is 0 Å². The van der Waals surface area contributed by atoms with Gasteiger partial charge < -0.3 is 4.90 Å². The van der Waals surface area contributed by atoms with Gasteiger partial charge in [-0.25, -0.2) is 0 Å². The summed E-state index contributed by atoms with van der Waals surface area (Å²) in [5, 5.41) is 0. The third-order valence-corrected chi connectivity index (χ3v) is 4.00. The smallest absolute Gasteiger partial charge is 0.240 e. The van der Waals surface area contributed by atoms with E-state index in [1.807, 2.05) is 6.07 Å². The fraction of sp³-hybridized carbons (Fsp3) is 0.529. The molecule has 1 aromatic rings. The molecule has 2 amide bonds. The van der Waals surface area contributed by atoms with Gasteiger partial charge in [-0.15, -0.1) is 0 Å². The Bertz CT molecular complexity index is 511. The highest BCUT2D eigenvalue weighted by Crippen LogP contribution is 2.15. The number of piperazine rings is 1. The van der Waals surface area contributed by atoms with Gasteiger partial charge in [-0.05, 0) is 12.1 Å². The van der Waals surface area contributed by atoms with Gasteiger partial charge >= 0.3 is 0 Å². The quantitative estimate of drug-likeness (QED) is 0.795. The second-order valence-electron chi connectivity index (χ2n) is 6.11. The maximum Gasteiger partial charge on any atom is 0.240 e. The van der Waals surface area contributed by atoms with E-state index in [1.165, 1.54) is 5.69 Å². The molecular formula is C17H26N4O2. The molecule has 2 N–H and O–H groups in total. The number of hydrogen-bond donors (Lipinski definition) is 2. The molecule has 6 heteroatoms. The monoisotopic (exact) mass is 318 g/mol. The molecule has 1 saturated heterocycles. The summed E-state index contributed by atoms with van der Waals surface area (Å²) in [4.78, 5) is 27.8. The molecule has 0 aromatic heterocycles. The molecule has 0 unspecified atom stereocenters. The predicted molar refractivity (Wildman–Crippen MR) is 90.8 cm³/mol. The maximum atomic E-state index is 11.7. The number of anilines is 1. The lowest BCUT2D eigenvalue weighted by Gasteiger charge is -2.36. The zero-order valence-electron chi connectivity index (χ0n) is 13.9. The van der Waals surface area contributed by atoms with E-state index in [9.17, 15) is 9.59 Å². The van der Waals surface area contributed by atoms with E-state index in [0.29, 0.717) is 13.0 Å². The fourth-order valence-corrected chi connectivity index (χ4v) is 2.47. The summed E-state index contributed by atoms with van der Waals surface area (Å²) in [6, 6.07) is 10.4. The van der Waals surface area contributed by atoms with Gasteiger partial charge in [0.15, 0.2) is 0 Å². The second-order valence-corrected chi connectivity index (χ2v) is 6.11. The maximum absolute atomic E-state index is 11.7. The van der Waals surface area contributed by atoms with E-state index in [0.717, 1.165) is 26.2 Å². The van der Waals surface area contributed by atoms with Gasteiger partial charge in [-0.2, -0.15) is 0 Å². The van der Waals surface area contributed by atoms with Crippen molar-refractivity contribution < 1.29 is 9.59 Å². The van der Waals surface area contributed by atoms with Crippen LogP contribution in [0, 0.1) is 5.92 Å². The molecule has 0 atom stereocenters. The molecular weight excluding hydrogens is 292 g/mol. The molecule has 23 heavy (non-hydrogen) atoms. The molecule has 0 saturated carbocycles. The van der Waals surface area contributed by atoms with Crippen LogP contribution in [0.3, 0.4) is 0 Å². The number of hydrogen-bond acceptors (Lipinski definition) is 4. The minimum Gasteiger partial charge on any atom is -0.369 e. The first kappa shape index (κ1) is 17.3. The molecule has 2 rings (SSSR count). The van der Waals surface area contributed by atoms with Crippen molar-refractivity contribution in [3.63, 3.8) is 0 Å². The van der Waals surface area contributed by atoms with Crippen molar-refractivity contribution >= 4 is 17.5 Å². The molecule has 6 nitrogen and oxygen atoms in total. The number of benzene rings is 1. The van der Waals surface area contributed by atoms with Crippen LogP contribution in [0.1, 0.15) is 20.3 Å². The molecule has 1 aromatic carbocycles. The van der Waals surface area contributed by atoms with Crippen LogP contribution in [0.4, 0.5) is 5.69 Å². The number of rotatable bonds is 5. The van der Waals surface area contributed by atoms with Crippen LogP contribution in [0.15, 0.2) is 30.3 Å². The molecule has 1 aliphatic rings. The molecule has 0 spiro atoms. The van der Waals surface area contributed by atoms with E-state index in [2.05, 4.69) is 44.9 Å². The number of nitrogens with one attached hydrogen (secondary N) is 2. The van der Waals surface area contributed by atoms with Crippen molar-refractivity contribution in [1.82, 2.24) is 15.8 Å². The van der Waals surface area contributed by atoms with Gasteiger partial charge in [-0.1, -0.05) is 32.0 Å². The summed E-state index contributed by atoms with van der Waals surface area (Å²) >= 11 is 0. The lowest BCUT2D eigenvalue weighted by molar-refractivity contribution is -0.130. The normalized spacial score (nSPS) is 15.5. The van der Waals surface area contributed by atoms with Crippen molar-refractivity contribution in [3.8, 4) is 0 Å². The summed E-state index contributed by atoms with van der Waals surface area (Å²) in [7, 11) is 0. The highest BCUT2D eigenvalue weighted by Gasteiger charge is 2.17. The minimum absolute atomic E-state index is 0.138. The van der Waals surface area contributed by atoms with Crippen LogP contribution < -0.4 is 15.8 Å². The molecule has 1 fully saturated rings. The van der Waals surface area contributed by atoms with Crippen molar-refractivity contribution in [1.29, 1.82) is 0 Å². The summed E-state index contributed by atoms with van der Waals surface area (Å²) in [6.45, 7) is 8.11. The topological polar surface area (TPSA) is 64.7 Å². The zero-order chi connectivity index (χ0) is 16.7. The van der Waals surface area contributed by atoms with Crippen molar-refractivity contribution in [2.24, 2.45) is 5.92 Å². The number of nitrogens with zero attached hydrogens (tertiary/aromatic N) is 2. The van der Waals surface area contributed by atoms with Crippen LogP contribution in [0.5, 0.6) is 0 Å². The standard InChI is InChI=1S/C17H26N4O2/c1-14(2)17(23)19-18-16(22)8-9-20-10-12-21(13-11-20)15-6-4-3-5-7-15/h3-7,14H,8-13H2,1-2H3,(H,18,22)(H,19,23). The second kappa shape index (κ2) is 8.53. The van der Waals surface area contributed by atoms with Crippen LogP contribution in [0.2, 0.25) is 0 Å². The zero-order valence-corrected chi connectivity index (χ0v) is 13.9. The minimum atomic E-state index is -0.171. The van der Waals surface area contributed by atoms with Gasteiger partial charge in [-0.3, -0.25) is 25.3 Å². The van der Waals surface area contributed by atoms with Crippen LogP contribution in [-0.4, -0.2) is 49.4 Å². The van der Waals surface area contributed by atoms with Crippen LogP contribution in [-0.2, 0) is 9.59 Å². The number of para-hydroxylation sites is 1. The van der Waals surface area contributed by atoms with Gasteiger partial charge in [0.1, 0.15) is 0 Å².